The monoisotopic (exact) mass is 775 g/mol. The number of benzene rings is 3. The number of imide groups is 1. The zero-order valence-electron chi connectivity index (χ0n) is 31.2. The fraction of sp³-hybridized carbons (Fsp3) is 0.476. The molecule has 0 saturated carbocycles. The third kappa shape index (κ3) is 7.80. The first-order valence-corrected chi connectivity index (χ1v) is 19.7. The molecule has 3 fully saturated rings. The Balaban J connectivity index is 1.33. The van der Waals surface area contributed by atoms with Crippen LogP contribution in [0.2, 0.25) is 0 Å². The number of carbonyl (C=O) groups excluding carboxylic acids is 2. The van der Waals surface area contributed by atoms with Gasteiger partial charge in [0, 0.05) is 0 Å². The Morgan fingerprint density at radius 1 is 0.873 bits per heavy atom. The van der Waals surface area contributed by atoms with Crippen LogP contribution in [0.4, 0.5) is 0 Å². The maximum Gasteiger partial charge on any atom is 0.262 e. The van der Waals surface area contributed by atoms with Gasteiger partial charge < -0.3 is 43.4 Å². The highest BCUT2D eigenvalue weighted by Gasteiger charge is 2.67. The average Bonchev–Trinajstić information content (AvgIpc) is 3.53. The smallest absolute Gasteiger partial charge is 0.262 e. The normalized spacial score (nSPS) is 32.5. The maximum atomic E-state index is 14.3. The molecule has 7 rings (SSSR count). The van der Waals surface area contributed by atoms with Gasteiger partial charge in [0.05, 0.1) is 43.2 Å². The molecule has 13 heteroatoms. The van der Waals surface area contributed by atoms with E-state index in [4.69, 9.17) is 33.2 Å². The summed E-state index contributed by atoms with van der Waals surface area (Å²) in [6.07, 6.45) is -5.61. The molecule has 4 heterocycles. The van der Waals surface area contributed by atoms with E-state index in [2.05, 4.69) is 6.58 Å². The molecular weight excluding hydrogens is 727 g/mol. The van der Waals surface area contributed by atoms with E-state index in [-0.39, 0.29) is 37.6 Å². The van der Waals surface area contributed by atoms with Gasteiger partial charge in [0.15, 0.2) is 0 Å². The van der Waals surface area contributed by atoms with Crippen molar-refractivity contribution in [2.75, 3.05) is 25.6 Å². The Kier molecular flexibility index (Phi) is 12.2. The van der Waals surface area contributed by atoms with Crippen molar-refractivity contribution in [2.45, 2.75) is 99.6 Å². The average molecular weight is 776 g/mol. The summed E-state index contributed by atoms with van der Waals surface area (Å²) >= 11 is 1.44. The first-order valence-electron chi connectivity index (χ1n) is 18.7. The van der Waals surface area contributed by atoms with Gasteiger partial charge in [-0.1, -0.05) is 85.8 Å². The molecule has 3 saturated heterocycles. The molecule has 2 amide bonds. The molecule has 4 aliphatic heterocycles. The third-order valence-corrected chi connectivity index (χ3v) is 11.6. The minimum Gasteiger partial charge on any atom is -0.391 e. The number of aliphatic hydroxyl groups is 2. The fourth-order valence-corrected chi connectivity index (χ4v) is 9.01. The number of carbonyl (C=O) groups is 2. The fourth-order valence-electron chi connectivity index (χ4n) is 7.98. The van der Waals surface area contributed by atoms with E-state index >= 15 is 0 Å². The van der Waals surface area contributed by atoms with Crippen LogP contribution in [0.25, 0.3) is 0 Å². The standard InChI is InChI=1S/C42H49NO11S/c1-5-21-49-37-35-32(45)36(41(3,4)52-35)54-42(37,25-44)53-33-30(24-48-22-26-15-9-7-10-16-26)51-40(55-6-2)31(34(33)50-23-27-17-11-8-12-18-27)43-38(46)28-19-13-14-20-29(28)39(43)47/h5,7-20,30-37,40,44-45H,1,6,21-25H2,2-4H3/t30-,31-,32+,33-,34-,35-,36?,37+,40+,42-/m1/s1. The van der Waals surface area contributed by atoms with Gasteiger partial charge in [-0.3, -0.25) is 14.5 Å². The lowest BCUT2D eigenvalue weighted by Crippen LogP contribution is -2.71. The van der Waals surface area contributed by atoms with Crippen molar-refractivity contribution >= 4 is 23.6 Å². The van der Waals surface area contributed by atoms with Crippen molar-refractivity contribution in [2.24, 2.45) is 0 Å². The molecule has 55 heavy (non-hydrogen) atoms. The number of amides is 2. The molecule has 0 aromatic heterocycles. The van der Waals surface area contributed by atoms with E-state index < -0.39 is 84.0 Å². The van der Waals surface area contributed by atoms with Crippen LogP contribution in [-0.2, 0) is 46.4 Å². The molecule has 2 N–H and O–H groups in total. The first-order chi connectivity index (χ1) is 26.6. The summed E-state index contributed by atoms with van der Waals surface area (Å²) in [4.78, 5) is 29.7. The van der Waals surface area contributed by atoms with Crippen LogP contribution < -0.4 is 0 Å². The predicted molar refractivity (Wildman–Crippen MR) is 203 cm³/mol. The second-order valence-corrected chi connectivity index (χ2v) is 16.0. The first kappa shape index (κ1) is 39.8. The zero-order valence-corrected chi connectivity index (χ0v) is 32.0. The van der Waals surface area contributed by atoms with Crippen LogP contribution in [0.5, 0.6) is 0 Å². The van der Waals surface area contributed by atoms with E-state index in [1.165, 1.54) is 16.7 Å². The van der Waals surface area contributed by atoms with Gasteiger partial charge >= 0.3 is 0 Å². The van der Waals surface area contributed by atoms with E-state index in [1.54, 1.807) is 44.2 Å². The number of hydrogen-bond donors (Lipinski definition) is 2. The molecule has 10 atom stereocenters. The largest absolute Gasteiger partial charge is 0.391 e. The summed E-state index contributed by atoms with van der Waals surface area (Å²) in [6, 6.07) is 24.9. The van der Waals surface area contributed by atoms with Crippen molar-refractivity contribution in [3.8, 4) is 0 Å². The number of rotatable bonds is 16. The van der Waals surface area contributed by atoms with E-state index in [0.29, 0.717) is 5.75 Å². The van der Waals surface area contributed by atoms with Crippen LogP contribution >= 0.6 is 11.8 Å². The van der Waals surface area contributed by atoms with Crippen LogP contribution in [0.3, 0.4) is 0 Å². The quantitative estimate of drug-likeness (QED) is 0.156. The number of hydrogen-bond acceptors (Lipinski definition) is 12. The lowest BCUT2D eigenvalue weighted by molar-refractivity contribution is -0.387. The van der Waals surface area contributed by atoms with Gasteiger partial charge in [0.25, 0.3) is 11.8 Å². The molecule has 0 radical (unpaired) electrons. The van der Waals surface area contributed by atoms with Gasteiger partial charge in [-0.25, -0.2) is 0 Å². The molecule has 4 aliphatic rings. The van der Waals surface area contributed by atoms with Crippen LogP contribution in [0.15, 0.2) is 97.6 Å². The second kappa shape index (κ2) is 16.9. The van der Waals surface area contributed by atoms with Crippen molar-refractivity contribution in [1.82, 2.24) is 4.90 Å². The van der Waals surface area contributed by atoms with E-state index in [9.17, 15) is 19.8 Å². The Morgan fingerprint density at radius 3 is 2.09 bits per heavy atom. The molecule has 0 spiro atoms. The van der Waals surface area contributed by atoms with E-state index in [1.807, 2.05) is 67.6 Å². The summed E-state index contributed by atoms with van der Waals surface area (Å²) in [7, 11) is 0. The summed E-state index contributed by atoms with van der Waals surface area (Å²) in [5.74, 6) is -2.29. The Labute approximate surface area is 325 Å². The molecule has 3 aromatic carbocycles. The van der Waals surface area contributed by atoms with Gasteiger partial charge in [-0.15, -0.1) is 18.3 Å². The number of ether oxygens (including phenoxy) is 7. The van der Waals surface area contributed by atoms with Crippen molar-refractivity contribution in [3.05, 3.63) is 120 Å². The molecule has 1 unspecified atom stereocenters. The van der Waals surface area contributed by atoms with Crippen molar-refractivity contribution in [3.63, 3.8) is 0 Å². The summed E-state index contributed by atoms with van der Waals surface area (Å²) < 4.78 is 46.2. The Morgan fingerprint density at radius 2 is 1.49 bits per heavy atom. The van der Waals surface area contributed by atoms with E-state index in [0.717, 1.165) is 11.1 Å². The van der Waals surface area contributed by atoms with Crippen LogP contribution in [0, 0.1) is 0 Å². The van der Waals surface area contributed by atoms with Crippen LogP contribution in [0.1, 0.15) is 52.6 Å². The minimum atomic E-state index is -1.93. The summed E-state index contributed by atoms with van der Waals surface area (Å²) in [5, 5.41) is 22.7. The number of aliphatic hydroxyl groups excluding tert-OH is 2. The lowest BCUT2D eigenvalue weighted by Gasteiger charge is -2.53. The zero-order chi connectivity index (χ0) is 38.7. The highest BCUT2D eigenvalue weighted by Crippen LogP contribution is 2.48. The number of fused-ring (bicyclic) bond motifs is 3. The minimum absolute atomic E-state index is 0.0114. The molecular formula is C42H49NO11S. The predicted octanol–water partition coefficient (Wildman–Crippen LogP) is 4.51. The SMILES string of the molecule is C=CCO[C@H]1[C@@H]2OC(C)(C)C(O[C@@]1(CO)O[C@H]1[C@H](OCc3ccccc3)[C@@H](N3C(=O)c4ccccc4C3=O)[C@H](SCC)O[C@@H]1COCc1ccccc1)[C@H]2O. The third-order valence-electron chi connectivity index (χ3n) is 10.5. The highest BCUT2D eigenvalue weighted by molar-refractivity contribution is 7.99. The maximum absolute atomic E-state index is 14.3. The van der Waals surface area contributed by atoms with Crippen molar-refractivity contribution < 1.29 is 53.0 Å². The molecule has 12 nitrogen and oxygen atoms in total. The van der Waals surface area contributed by atoms with Gasteiger partial charge in [0.2, 0.25) is 5.79 Å². The Hall–Kier alpha value is -3.47. The van der Waals surface area contributed by atoms with Gasteiger partial charge in [-0.05, 0) is 42.9 Å². The molecule has 294 valence electrons. The number of thioether (sulfide) groups is 1. The van der Waals surface area contributed by atoms with Crippen LogP contribution in [-0.4, -0.2) is 118 Å². The van der Waals surface area contributed by atoms with Crippen molar-refractivity contribution in [1.29, 1.82) is 0 Å². The Bertz CT molecular complexity index is 1760. The number of nitrogens with zero attached hydrogens (tertiary/aromatic N) is 1. The molecule has 0 aliphatic carbocycles. The summed E-state index contributed by atoms with van der Waals surface area (Å²) in [6.45, 7) is 9.03. The molecule has 3 aromatic rings. The summed E-state index contributed by atoms with van der Waals surface area (Å²) in [5.41, 5.74) is 0.622. The molecule has 2 bridgehead atoms. The highest BCUT2D eigenvalue weighted by atomic mass is 32.2. The lowest BCUT2D eigenvalue weighted by atomic mass is 9.89. The van der Waals surface area contributed by atoms with Gasteiger partial charge in [-0.2, -0.15) is 0 Å². The second-order valence-electron chi connectivity index (χ2n) is 14.6. The van der Waals surface area contributed by atoms with Gasteiger partial charge in [0.1, 0.15) is 60.8 Å². The topological polar surface area (TPSA) is 142 Å².